The van der Waals surface area contributed by atoms with E-state index in [9.17, 15) is 5.11 Å². The van der Waals surface area contributed by atoms with Crippen LogP contribution in [-0.4, -0.2) is 13.2 Å². The van der Waals surface area contributed by atoms with Gasteiger partial charge in [0.25, 0.3) is 0 Å². The summed E-state index contributed by atoms with van der Waals surface area (Å²) in [6.07, 6.45) is 0. The van der Waals surface area contributed by atoms with Gasteiger partial charge in [0.15, 0.2) is 0 Å². The standard InChI is InChI=1S/C28H44OSi.CH3.2ClH.Ti/c1-15-13-22(28(8,9)10)26(29)23(14-15)30(11,12)27-21(7)20(6)24-18(4)16(2)17(3)19(5)25(24)27;;;;/h13-14,20-21,24-25,27,29H,1-12H3;1H3;2*1H;/q;-1;;;+2/p-2. The zero-order valence-electron chi connectivity index (χ0n) is 23.7. The molecule has 5 unspecified atom stereocenters. The molecule has 1 aromatic carbocycles. The van der Waals surface area contributed by atoms with Crippen LogP contribution in [0.3, 0.4) is 0 Å². The summed E-state index contributed by atoms with van der Waals surface area (Å²) in [6.45, 7) is 28.3. The minimum absolute atomic E-state index is 0. The van der Waals surface area contributed by atoms with Gasteiger partial charge in [-0.05, 0) is 91.1 Å². The third kappa shape index (κ3) is 5.62. The molecule has 34 heavy (non-hydrogen) atoms. The second kappa shape index (κ2) is 11.6. The Morgan fingerprint density at radius 3 is 1.74 bits per heavy atom. The third-order valence-corrected chi connectivity index (χ3v) is 13.4. The van der Waals surface area contributed by atoms with Crippen molar-refractivity contribution in [2.45, 2.75) is 93.3 Å². The number of phenols is 1. The Labute approximate surface area is 228 Å². The van der Waals surface area contributed by atoms with Crippen molar-refractivity contribution >= 4 is 31.9 Å². The summed E-state index contributed by atoms with van der Waals surface area (Å²) in [5.74, 6) is 3.17. The molecule has 0 aliphatic heterocycles. The van der Waals surface area contributed by atoms with Crippen LogP contribution in [0.4, 0.5) is 0 Å². The third-order valence-electron chi connectivity index (χ3n) is 9.07. The Morgan fingerprint density at radius 2 is 1.29 bits per heavy atom. The Bertz CT molecular complexity index is 958. The first-order valence-corrected chi connectivity index (χ1v) is 19.6. The van der Waals surface area contributed by atoms with Crippen LogP contribution in [0.1, 0.15) is 73.4 Å². The van der Waals surface area contributed by atoms with Crippen molar-refractivity contribution in [2.75, 3.05) is 0 Å². The van der Waals surface area contributed by atoms with E-state index in [-0.39, 0.29) is 12.8 Å². The van der Waals surface area contributed by atoms with E-state index in [1.807, 2.05) is 0 Å². The normalized spacial score (nSPS) is 27.1. The fourth-order valence-electron chi connectivity index (χ4n) is 6.95. The molecule has 2 aliphatic carbocycles. The van der Waals surface area contributed by atoms with Crippen molar-refractivity contribution in [3.05, 3.63) is 53.0 Å². The van der Waals surface area contributed by atoms with Crippen molar-refractivity contribution in [2.24, 2.45) is 23.7 Å². The summed E-state index contributed by atoms with van der Waals surface area (Å²) in [6, 6.07) is 4.50. The molecule has 0 amide bonds. The van der Waals surface area contributed by atoms with Crippen LogP contribution in [-0.2, 0) is 22.4 Å². The number of allylic oxidation sites excluding steroid dienone is 4. The zero-order chi connectivity index (χ0) is 25.6. The topological polar surface area (TPSA) is 20.2 Å². The summed E-state index contributed by atoms with van der Waals surface area (Å²) < 4.78 is 0. The van der Waals surface area contributed by atoms with Crippen LogP contribution in [0.5, 0.6) is 5.75 Å². The summed E-state index contributed by atoms with van der Waals surface area (Å²) in [7, 11) is 7.80. The first-order valence-electron chi connectivity index (χ1n) is 12.2. The quantitative estimate of drug-likeness (QED) is 0.283. The van der Waals surface area contributed by atoms with Gasteiger partial charge in [-0.3, -0.25) is 0 Å². The molecule has 0 spiro atoms. The molecule has 0 aromatic heterocycles. The molecule has 1 nitrogen and oxygen atoms in total. The number of aromatic hydroxyl groups is 1. The molecule has 5 heteroatoms. The van der Waals surface area contributed by atoms with Gasteiger partial charge in [-0.1, -0.05) is 76.6 Å². The van der Waals surface area contributed by atoms with Gasteiger partial charge in [-0.2, -0.15) is 0 Å². The Kier molecular flexibility index (Phi) is 10.9. The molecule has 3 rings (SSSR count). The number of phenolic OH excluding ortho intramolecular Hbond substituents is 1. The molecule has 0 radical (unpaired) electrons. The maximum absolute atomic E-state index is 11.5. The molecule has 192 valence electrons. The molecule has 1 N–H and O–H groups in total. The minimum atomic E-state index is -1.98. The second-order valence-corrected chi connectivity index (χ2v) is 19.4. The van der Waals surface area contributed by atoms with E-state index < -0.39 is 25.1 Å². The number of rotatable bonds is 2. The first-order chi connectivity index (χ1) is 15.0. The molecule has 2 aliphatic rings. The Balaban J connectivity index is 0.00000137. The average molecular weight is 559 g/mol. The van der Waals surface area contributed by atoms with Crippen LogP contribution in [0.15, 0.2) is 34.4 Å². The first kappa shape index (κ1) is 32.0. The van der Waals surface area contributed by atoms with Gasteiger partial charge in [0.05, 0.1) is 8.07 Å². The van der Waals surface area contributed by atoms with Gasteiger partial charge in [0.1, 0.15) is 5.75 Å². The van der Waals surface area contributed by atoms with Crippen molar-refractivity contribution in [1.29, 1.82) is 0 Å². The van der Waals surface area contributed by atoms with Crippen molar-refractivity contribution in [1.82, 2.24) is 0 Å². The predicted molar refractivity (Wildman–Crippen MR) is 153 cm³/mol. The van der Waals surface area contributed by atoms with E-state index in [4.69, 9.17) is 18.6 Å². The molecular weight excluding hydrogens is 511 g/mol. The number of aryl methyl sites for hydroxylation is 1. The molecule has 1 fully saturated rings. The second-order valence-electron chi connectivity index (χ2n) is 12.2. The molecule has 1 aromatic rings. The van der Waals surface area contributed by atoms with E-state index in [0.717, 1.165) is 5.56 Å². The maximum atomic E-state index is 11.5. The van der Waals surface area contributed by atoms with Gasteiger partial charge in [0.2, 0.25) is 0 Å². The van der Waals surface area contributed by atoms with Crippen molar-refractivity contribution < 1.29 is 22.1 Å². The van der Waals surface area contributed by atoms with E-state index >= 15 is 0 Å². The predicted octanol–water partition coefficient (Wildman–Crippen LogP) is 9.32. The molecule has 0 saturated heterocycles. The van der Waals surface area contributed by atoms with Crippen LogP contribution < -0.4 is 5.19 Å². The number of fused-ring (bicyclic) bond motifs is 1. The van der Waals surface area contributed by atoms with Crippen LogP contribution in [0, 0.1) is 38.0 Å². The van der Waals surface area contributed by atoms with E-state index in [2.05, 4.69) is 94.5 Å². The number of halogens is 2. The van der Waals surface area contributed by atoms with Gasteiger partial charge in [-0.25, -0.2) is 0 Å². The van der Waals surface area contributed by atoms with Crippen molar-refractivity contribution in [3.8, 4) is 5.75 Å². The van der Waals surface area contributed by atoms with E-state index in [0.29, 0.717) is 35.0 Å². The fraction of sp³-hybridized carbons (Fsp3) is 0.621. The molecule has 0 heterocycles. The van der Waals surface area contributed by atoms with Crippen molar-refractivity contribution in [3.63, 3.8) is 0 Å². The average Bonchev–Trinajstić information content (AvgIpc) is 2.97. The fourth-order valence-corrected chi connectivity index (χ4v) is 11.6. The molecule has 5 atom stereocenters. The van der Waals surface area contributed by atoms with E-state index in [1.54, 1.807) is 11.1 Å². The summed E-state index contributed by atoms with van der Waals surface area (Å²) in [5.41, 5.74) is 9.20. The van der Waals surface area contributed by atoms with Gasteiger partial charge >= 0.3 is 35.6 Å². The van der Waals surface area contributed by atoms with Gasteiger partial charge < -0.3 is 12.5 Å². The number of hydrogen-bond donors (Lipinski definition) is 1. The van der Waals surface area contributed by atoms with E-state index in [1.165, 1.54) is 21.9 Å². The monoisotopic (exact) mass is 557 g/mol. The van der Waals surface area contributed by atoms with Crippen LogP contribution in [0.25, 0.3) is 0 Å². The summed E-state index contributed by atoms with van der Waals surface area (Å²) in [4.78, 5) is 0. The molecule has 0 bridgehead atoms. The molecular formula is C29H47Cl2OSiTi-. The number of benzene rings is 1. The molecule has 1 saturated carbocycles. The SMILES string of the molecule is CC1=C(C)C2C(C)C(C)C([Si](C)(C)c3cc(C)cc(C(C)(C)C)c3O)C2C(C)=C1C.[CH3-].[Cl][Ti][Cl]. The van der Waals surface area contributed by atoms with Gasteiger partial charge in [0, 0.05) is 0 Å². The number of hydrogen-bond acceptors (Lipinski definition) is 1. The Hall–Kier alpha value is 0.0112. The van der Waals surface area contributed by atoms with Gasteiger partial charge in [-0.15, -0.1) is 0 Å². The summed E-state index contributed by atoms with van der Waals surface area (Å²) >= 11 is -0.556. The summed E-state index contributed by atoms with van der Waals surface area (Å²) in [5, 5.41) is 12.8. The van der Waals surface area contributed by atoms with Crippen LogP contribution >= 0.6 is 18.6 Å². The Morgan fingerprint density at radius 1 is 0.853 bits per heavy atom. The zero-order valence-corrected chi connectivity index (χ0v) is 27.8. The van der Waals surface area contributed by atoms with Crippen LogP contribution in [0.2, 0.25) is 18.6 Å².